The molecule has 0 saturated heterocycles. The third-order valence-corrected chi connectivity index (χ3v) is 2.87. The van der Waals surface area contributed by atoms with Gasteiger partial charge in [0.1, 0.15) is 0 Å². The number of azide groups is 1. The van der Waals surface area contributed by atoms with Gasteiger partial charge in [0.05, 0.1) is 12.2 Å². The smallest absolute Gasteiger partial charge is 0.0702 e. The van der Waals surface area contributed by atoms with Crippen LogP contribution in [-0.2, 0) is 19.5 Å². The Morgan fingerprint density at radius 2 is 2.47 bits per heavy atom. The number of fused-ring (bicyclic) bond motifs is 1. The third-order valence-electron chi connectivity index (χ3n) is 2.87. The molecule has 1 aromatic heterocycles. The zero-order valence-corrected chi connectivity index (χ0v) is 9.14. The van der Waals surface area contributed by atoms with Crippen molar-refractivity contribution in [1.29, 1.82) is 0 Å². The van der Waals surface area contributed by atoms with E-state index < -0.39 is 0 Å². The number of rotatable bonds is 2. The summed E-state index contributed by atoms with van der Waals surface area (Å²) >= 11 is 0. The minimum atomic E-state index is 0.358. The summed E-state index contributed by atoms with van der Waals surface area (Å²) in [4.78, 5) is 2.74. The lowest BCUT2D eigenvalue weighted by Gasteiger charge is -2.29. The maximum atomic E-state index is 8.24. The highest BCUT2D eigenvalue weighted by atomic mass is 15.3. The molecule has 0 aromatic carbocycles. The zero-order valence-electron chi connectivity index (χ0n) is 9.14. The maximum Gasteiger partial charge on any atom is 0.0702 e. The van der Waals surface area contributed by atoms with Crippen LogP contribution in [0.2, 0.25) is 0 Å². The summed E-state index contributed by atoms with van der Waals surface area (Å²) in [6, 6.07) is 2.05. The molecule has 0 bridgehead atoms. The van der Waals surface area contributed by atoms with E-state index in [-0.39, 0.29) is 0 Å². The molecule has 0 fully saturated rings. The molecule has 80 valence electrons. The van der Waals surface area contributed by atoms with Crippen molar-refractivity contribution < 1.29 is 0 Å². The van der Waals surface area contributed by atoms with Crippen LogP contribution in [0.1, 0.15) is 31.7 Å². The molecule has 0 atom stereocenters. The van der Waals surface area contributed by atoms with Gasteiger partial charge < -0.3 is 0 Å². The Morgan fingerprint density at radius 1 is 1.67 bits per heavy atom. The first-order chi connectivity index (χ1) is 7.11. The standard InChI is InChI=1S/C10H15N5/c1-10(2)3-4-15-9(6-10)5-8(13-15)7-12-14-11/h5H,3-4,6-7H2,1-2H3. The van der Waals surface area contributed by atoms with Gasteiger partial charge in [-0.15, -0.1) is 0 Å². The van der Waals surface area contributed by atoms with Gasteiger partial charge in [-0.25, -0.2) is 0 Å². The Kier molecular flexibility index (Phi) is 2.40. The van der Waals surface area contributed by atoms with Gasteiger partial charge >= 0.3 is 0 Å². The van der Waals surface area contributed by atoms with E-state index >= 15 is 0 Å². The van der Waals surface area contributed by atoms with E-state index in [9.17, 15) is 0 Å². The molecule has 0 amide bonds. The van der Waals surface area contributed by atoms with E-state index in [0.717, 1.165) is 25.1 Å². The van der Waals surface area contributed by atoms with Crippen LogP contribution in [0.25, 0.3) is 10.4 Å². The summed E-state index contributed by atoms with van der Waals surface area (Å²) in [6.45, 7) is 5.88. The van der Waals surface area contributed by atoms with Crippen molar-refractivity contribution in [1.82, 2.24) is 9.78 Å². The summed E-state index contributed by atoms with van der Waals surface area (Å²) in [7, 11) is 0. The van der Waals surface area contributed by atoms with Crippen molar-refractivity contribution in [3.63, 3.8) is 0 Å². The van der Waals surface area contributed by atoms with Crippen LogP contribution in [-0.4, -0.2) is 9.78 Å². The van der Waals surface area contributed by atoms with Gasteiger partial charge in [0.2, 0.25) is 0 Å². The number of aromatic nitrogens is 2. The lowest BCUT2D eigenvalue weighted by molar-refractivity contribution is 0.260. The molecule has 2 heterocycles. The number of nitrogens with zero attached hydrogens (tertiary/aromatic N) is 5. The molecule has 0 spiro atoms. The molecule has 0 unspecified atom stereocenters. The molecule has 1 aliphatic rings. The van der Waals surface area contributed by atoms with Crippen molar-refractivity contribution in [2.75, 3.05) is 0 Å². The van der Waals surface area contributed by atoms with Crippen molar-refractivity contribution in [2.45, 2.75) is 39.8 Å². The van der Waals surface area contributed by atoms with Gasteiger partial charge in [-0.3, -0.25) is 4.68 Å². The molecule has 5 nitrogen and oxygen atoms in total. The predicted molar refractivity (Wildman–Crippen MR) is 57.2 cm³/mol. The second-order valence-electron chi connectivity index (χ2n) is 4.83. The van der Waals surface area contributed by atoms with E-state index in [1.54, 1.807) is 0 Å². The first-order valence-corrected chi connectivity index (χ1v) is 5.17. The van der Waals surface area contributed by atoms with E-state index in [1.165, 1.54) is 5.69 Å². The molecule has 2 rings (SSSR count). The maximum absolute atomic E-state index is 8.24. The predicted octanol–water partition coefficient (Wildman–Crippen LogP) is 2.67. The average Bonchev–Trinajstić information content (AvgIpc) is 2.55. The molecule has 1 aromatic rings. The van der Waals surface area contributed by atoms with Crippen LogP contribution in [0.5, 0.6) is 0 Å². The Balaban J connectivity index is 2.21. The van der Waals surface area contributed by atoms with Gasteiger partial charge in [-0.2, -0.15) is 5.10 Å². The fraction of sp³-hybridized carbons (Fsp3) is 0.700. The van der Waals surface area contributed by atoms with Crippen LogP contribution in [0, 0.1) is 5.41 Å². The van der Waals surface area contributed by atoms with Crippen LogP contribution in [0.3, 0.4) is 0 Å². The average molecular weight is 205 g/mol. The Labute approximate surface area is 88.7 Å². The van der Waals surface area contributed by atoms with Crippen LogP contribution >= 0.6 is 0 Å². The van der Waals surface area contributed by atoms with E-state index in [2.05, 4.69) is 35.0 Å². The monoisotopic (exact) mass is 205 g/mol. The van der Waals surface area contributed by atoms with E-state index in [0.29, 0.717) is 12.0 Å². The van der Waals surface area contributed by atoms with Gasteiger partial charge in [0, 0.05) is 17.2 Å². The van der Waals surface area contributed by atoms with Crippen LogP contribution in [0.4, 0.5) is 0 Å². The number of aryl methyl sites for hydroxylation is 1. The minimum Gasteiger partial charge on any atom is -0.269 e. The first-order valence-electron chi connectivity index (χ1n) is 5.17. The Bertz CT molecular complexity index is 411. The lowest BCUT2D eigenvalue weighted by Crippen LogP contribution is -2.26. The van der Waals surface area contributed by atoms with Crippen molar-refractivity contribution in [2.24, 2.45) is 10.5 Å². The third kappa shape index (κ3) is 2.13. The first kappa shape index (κ1) is 10.1. The molecule has 5 heteroatoms. The normalized spacial score (nSPS) is 18.0. The highest BCUT2D eigenvalue weighted by Gasteiger charge is 2.26. The highest BCUT2D eigenvalue weighted by Crippen LogP contribution is 2.31. The zero-order chi connectivity index (χ0) is 10.9. The van der Waals surface area contributed by atoms with Gasteiger partial charge in [-0.1, -0.05) is 19.0 Å². The van der Waals surface area contributed by atoms with E-state index in [1.807, 2.05) is 4.68 Å². The van der Waals surface area contributed by atoms with Crippen molar-refractivity contribution in [3.05, 3.63) is 27.9 Å². The molecule has 0 radical (unpaired) electrons. The summed E-state index contributed by atoms with van der Waals surface area (Å²) in [5.74, 6) is 0. The largest absolute Gasteiger partial charge is 0.269 e. The second kappa shape index (κ2) is 3.59. The molecule has 15 heavy (non-hydrogen) atoms. The molecular weight excluding hydrogens is 190 g/mol. The van der Waals surface area contributed by atoms with Crippen molar-refractivity contribution >= 4 is 0 Å². The highest BCUT2D eigenvalue weighted by molar-refractivity contribution is 5.14. The van der Waals surface area contributed by atoms with Gasteiger partial charge in [0.25, 0.3) is 0 Å². The molecular formula is C10H15N5. The summed E-state index contributed by atoms with van der Waals surface area (Å²) in [6.07, 6.45) is 2.21. The Morgan fingerprint density at radius 3 is 3.20 bits per heavy atom. The Hall–Kier alpha value is -1.48. The summed E-state index contributed by atoms with van der Waals surface area (Å²) in [5, 5.41) is 7.93. The van der Waals surface area contributed by atoms with Gasteiger partial charge in [0.15, 0.2) is 0 Å². The minimum absolute atomic E-state index is 0.358. The molecule has 0 N–H and O–H groups in total. The topological polar surface area (TPSA) is 66.6 Å². The van der Waals surface area contributed by atoms with Crippen LogP contribution in [0.15, 0.2) is 11.2 Å². The van der Waals surface area contributed by atoms with Crippen LogP contribution < -0.4 is 0 Å². The van der Waals surface area contributed by atoms with Gasteiger partial charge in [-0.05, 0) is 29.9 Å². The second-order valence-corrected chi connectivity index (χ2v) is 4.83. The number of hydrogen-bond acceptors (Lipinski definition) is 2. The summed E-state index contributed by atoms with van der Waals surface area (Å²) in [5.41, 5.74) is 10.7. The lowest BCUT2D eigenvalue weighted by atomic mass is 9.82. The molecule has 1 aliphatic heterocycles. The molecule has 0 aliphatic carbocycles. The number of hydrogen-bond donors (Lipinski definition) is 0. The molecule has 0 saturated carbocycles. The quantitative estimate of drug-likeness (QED) is 0.416. The van der Waals surface area contributed by atoms with Crippen molar-refractivity contribution in [3.8, 4) is 0 Å². The fourth-order valence-electron chi connectivity index (χ4n) is 2.02. The summed E-state index contributed by atoms with van der Waals surface area (Å²) < 4.78 is 2.04. The SMILES string of the molecule is CC1(C)CCn2nc(CN=[N+]=[N-])cc2C1. The fourth-order valence-corrected chi connectivity index (χ4v) is 2.02. The van der Waals surface area contributed by atoms with E-state index in [4.69, 9.17) is 5.53 Å².